The van der Waals surface area contributed by atoms with Crippen LogP contribution in [0.25, 0.3) is 0 Å². The zero-order valence-corrected chi connectivity index (χ0v) is 8.21. The number of aliphatic hydroxyl groups excluding tert-OH is 1. The summed E-state index contributed by atoms with van der Waals surface area (Å²) < 4.78 is 0. The van der Waals surface area contributed by atoms with Gasteiger partial charge in [0.1, 0.15) is 0 Å². The highest BCUT2D eigenvalue weighted by Gasteiger charge is 2.43. The van der Waals surface area contributed by atoms with Crippen LogP contribution < -0.4 is 5.32 Å². The minimum atomic E-state index is 0.123. The highest BCUT2D eigenvalue weighted by atomic mass is 16.3. The zero-order valence-electron chi connectivity index (χ0n) is 8.21. The summed E-state index contributed by atoms with van der Waals surface area (Å²) in [6.07, 6.45) is 3.43. The van der Waals surface area contributed by atoms with Gasteiger partial charge in [-0.2, -0.15) is 0 Å². The van der Waals surface area contributed by atoms with Gasteiger partial charge in [-0.3, -0.25) is 0 Å². The Morgan fingerprint density at radius 3 is 2.93 bits per heavy atom. The molecule has 1 aliphatic heterocycles. The second-order valence-electron chi connectivity index (χ2n) is 4.49. The molecule has 0 saturated heterocycles. The number of nitrogens with one attached hydrogen (secondary N) is 1. The van der Waals surface area contributed by atoms with Crippen molar-refractivity contribution in [1.29, 1.82) is 0 Å². The predicted molar refractivity (Wildman–Crippen MR) is 56.6 cm³/mol. The number of rotatable bonds is 2. The molecule has 0 atom stereocenters. The van der Waals surface area contributed by atoms with E-state index in [1.54, 1.807) is 0 Å². The molecule has 2 N–H and O–H groups in total. The van der Waals surface area contributed by atoms with E-state index in [0.717, 1.165) is 25.8 Å². The zero-order chi connectivity index (χ0) is 9.60. The normalized spacial score (nSPS) is 21.5. The molecule has 0 radical (unpaired) electrons. The van der Waals surface area contributed by atoms with Crippen molar-refractivity contribution in [2.75, 3.05) is 18.5 Å². The molecule has 1 aliphatic carbocycles. The lowest BCUT2D eigenvalue weighted by Gasteiger charge is -2.13. The Bertz CT molecular complexity index is 369. The van der Waals surface area contributed by atoms with Crippen molar-refractivity contribution in [3.8, 4) is 0 Å². The smallest absolute Gasteiger partial charge is 0.0527 e. The van der Waals surface area contributed by atoms with E-state index in [-0.39, 0.29) is 5.41 Å². The van der Waals surface area contributed by atoms with Crippen LogP contribution in [-0.4, -0.2) is 18.3 Å². The van der Waals surface area contributed by atoms with Crippen LogP contribution in [-0.2, 0) is 11.8 Å². The first-order valence-corrected chi connectivity index (χ1v) is 5.32. The average Bonchev–Trinajstić information content (AvgIpc) is 2.89. The third-order valence-electron chi connectivity index (χ3n) is 3.58. The molecule has 2 aliphatic rings. The first kappa shape index (κ1) is 8.30. The summed E-state index contributed by atoms with van der Waals surface area (Å²) in [6.45, 7) is 1.37. The van der Waals surface area contributed by atoms with Crippen molar-refractivity contribution in [3.63, 3.8) is 0 Å². The lowest BCUT2D eigenvalue weighted by atomic mass is 9.94. The molecule has 1 aromatic carbocycles. The molecular weight excluding hydrogens is 174 g/mol. The van der Waals surface area contributed by atoms with E-state index in [2.05, 4.69) is 23.5 Å². The lowest BCUT2D eigenvalue weighted by molar-refractivity contribution is 0.255. The fourth-order valence-corrected chi connectivity index (χ4v) is 2.32. The largest absolute Gasteiger partial charge is 0.395 e. The molecule has 0 bridgehead atoms. The molecule has 0 unspecified atom stereocenters. The molecule has 74 valence electrons. The van der Waals surface area contributed by atoms with Crippen LogP contribution in [0, 0.1) is 0 Å². The third kappa shape index (κ3) is 1.07. The summed E-state index contributed by atoms with van der Waals surface area (Å²) in [5.74, 6) is 0. The third-order valence-corrected chi connectivity index (χ3v) is 3.58. The molecule has 1 heterocycles. The maximum atomic E-state index is 9.34. The van der Waals surface area contributed by atoms with Gasteiger partial charge in [-0.1, -0.05) is 12.1 Å². The van der Waals surface area contributed by atoms with Gasteiger partial charge < -0.3 is 10.4 Å². The first-order valence-electron chi connectivity index (χ1n) is 5.32. The van der Waals surface area contributed by atoms with Gasteiger partial charge in [-0.25, -0.2) is 0 Å². The van der Waals surface area contributed by atoms with E-state index in [4.69, 9.17) is 0 Å². The van der Waals surface area contributed by atoms with Crippen LogP contribution in [0.2, 0.25) is 0 Å². The Balaban J connectivity index is 2.00. The van der Waals surface area contributed by atoms with Crippen LogP contribution in [0.5, 0.6) is 0 Å². The first-order chi connectivity index (χ1) is 6.84. The van der Waals surface area contributed by atoms with Gasteiger partial charge in [0, 0.05) is 17.6 Å². The van der Waals surface area contributed by atoms with Gasteiger partial charge in [-0.05, 0) is 36.5 Å². The maximum absolute atomic E-state index is 9.34. The monoisotopic (exact) mass is 189 g/mol. The Labute approximate surface area is 84.0 Å². The molecule has 0 spiro atoms. The van der Waals surface area contributed by atoms with Crippen LogP contribution in [0.15, 0.2) is 18.2 Å². The van der Waals surface area contributed by atoms with Gasteiger partial charge in [0.2, 0.25) is 0 Å². The molecule has 0 amide bonds. The van der Waals surface area contributed by atoms with Crippen LogP contribution in [0.3, 0.4) is 0 Å². The fourth-order valence-electron chi connectivity index (χ4n) is 2.32. The molecule has 1 saturated carbocycles. The molecule has 0 aromatic heterocycles. The molecule has 3 rings (SSSR count). The molecule has 1 fully saturated rings. The van der Waals surface area contributed by atoms with Crippen LogP contribution in [0.1, 0.15) is 24.0 Å². The summed E-state index contributed by atoms with van der Waals surface area (Å²) in [4.78, 5) is 0. The van der Waals surface area contributed by atoms with E-state index in [0.29, 0.717) is 6.61 Å². The second-order valence-corrected chi connectivity index (χ2v) is 4.49. The van der Waals surface area contributed by atoms with Gasteiger partial charge in [0.05, 0.1) is 6.61 Å². The molecule has 14 heavy (non-hydrogen) atoms. The van der Waals surface area contributed by atoms with E-state index >= 15 is 0 Å². The minimum absolute atomic E-state index is 0.123. The van der Waals surface area contributed by atoms with Crippen molar-refractivity contribution < 1.29 is 5.11 Å². The van der Waals surface area contributed by atoms with E-state index in [1.165, 1.54) is 16.8 Å². The Morgan fingerprint density at radius 2 is 2.21 bits per heavy atom. The number of benzene rings is 1. The fraction of sp³-hybridized carbons (Fsp3) is 0.500. The highest BCUT2D eigenvalue weighted by molar-refractivity contribution is 5.57. The average molecular weight is 189 g/mol. The van der Waals surface area contributed by atoms with Crippen molar-refractivity contribution in [2.45, 2.75) is 24.7 Å². The summed E-state index contributed by atoms with van der Waals surface area (Å²) in [5.41, 5.74) is 4.16. The highest BCUT2D eigenvalue weighted by Crippen LogP contribution is 2.48. The molecular formula is C12H15NO. The number of fused-ring (bicyclic) bond motifs is 1. The SMILES string of the molecule is OCC1(c2ccc3c(c2)CCN3)CC1. The molecule has 2 heteroatoms. The number of anilines is 1. The number of aliphatic hydroxyl groups is 1. The summed E-state index contributed by atoms with van der Waals surface area (Å²) in [7, 11) is 0. The number of hydrogen-bond donors (Lipinski definition) is 2. The topological polar surface area (TPSA) is 32.3 Å². The van der Waals surface area contributed by atoms with Gasteiger partial charge >= 0.3 is 0 Å². The summed E-state index contributed by atoms with van der Waals surface area (Å²) in [6, 6.07) is 6.60. The van der Waals surface area contributed by atoms with E-state index in [9.17, 15) is 5.11 Å². The molecule has 2 nitrogen and oxygen atoms in total. The standard InChI is InChI=1S/C12H15NO/c14-8-12(4-5-12)10-1-2-11-9(7-10)3-6-13-11/h1-2,7,13-14H,3-6,8H2. The van der Waals surface area contributed by atoms with Crippen molar-refractivity contribution in [3.05, 3.63) is 29.3 Å². The van der Waals surface area contributed by atoms with Crippen LogP contribution in [0.4, 0.5) is 5.69 Å². The predicted octanol–water partition coefficient (Wildman–Crippen LogP) is 1.68. The summed E-state index contributed by atoms with van der Waals surface area (Å²) >= 11 is 0. The maximum Gasteiger partial charge on any atom is 0.0527 e. The van der Waals surface area contributed by atoms with Gasteiger partial charge in [0.15, 0.2) is 0 Å². The van der Waals surface area contributed by atoms with E-state index < -0.39 is 0 Å². The lowest BCUT2D eigenvalue weighted by Crippen LogP contribution is -2.11. The van der Waals surface area contributed by atoms with Crippen LogP contribution >= 0.6 is 0 Å². The van der Waals surface area contributed by atoms with Crippen molar-refractivity contribution >= 4 is 5.69 Å². The Morgan fingerprint density at radius 1 is 1.36 bits per heavy atom. The number of hydrogen-bond acceptors (Lipinski definition) is 2. The Kier molecular flexibility index (Phi) is 1.62. The molecule has 1 aromatic rings. The Hall–Kier alpha value is -1.02. The minimum Gasteiger partial charge on any atom is -0.395 e. The van der Waals surface area contributed by atoms with E-state index in [1.807, 2.05) is 0 Å². The quantitative estimate of drug-likeness (QED) is 0.742. The van der Waals surface area contributed by atoms with Gasteiger partial charge in [-0.15, -0.1) is 0 Å². The second kappa shape index (κ2) is 2.74. The van der Waals surface area contributed by atoms with Crippen molar-refractivity contribution in [1.82, 2.24) is 0 Å². The summed E-state index contributed by atoms with van der Waals surface area (Å²) in [5, 5.41) is 12.7. The van der Waals surface area contributed by atoms with Gasteiger partial charge in [0.25, 0.3) is 0 Å². The van der Waals surface area contributed by atoms with Crippen molar-refractivity contribution in [2.24, 2.45) is 0 Å².